The summed E-state index contributed by atoms with van der Waals surface area (Å²) in [7, 11) is 3.72. The van der Waals surface area contributed by atoms with Gasteiger partial charge in [-0.25, -0.2) is 0 Å². The number of likely N-dealkylation sites (N-methyl/N-ethyl adjacent to an activating group) is 1. The fourth-order valence-corrected chi connectivity index (χ4v) is 1.58. The Morgan fingerprint density at radius 3 is 2.60 bits per heavy atom. The highest BCUT2D eigenvalue weighted by atomic mass is 16.5. The van der Waals surface area contributed by atoms with Crippen LogP contribution in [0, 0.1) is 0 Å². The van der Waals surface area contributed by atoms with Crippen LogP contribution in [0.25, 0.3) is 0 Å². The minimum absolute atomic E-state index is 0.276. The molecule has 3 N–H and O–H groups in total. The van der Waals surface area contributed by atoms with Crippen LogP contribution in [-0.2, 0) is 4.74 Å². The van der Waals surface area contributed by atoms with Crippen LogP contribution in [-0.4, -0.2) is 48.8 Å². The number of nitrogens with zero attached hydrogens (tertiary/aromatic N) is 2. The summed E-state index contributed by atoms with van der Waals surface area (Å²) in [6, 6.07) is 0.609. The number of nitrogens with two attached hydrogens (primary N) is 1. The summed E-state index contributed by atoms with van der Waals surface area (Å²) in [6.07, 6.45) is 1.54. The molecule has 0 aromatic heterocycles. The Balaban J connectivity index is 4.26. The van der Waals surface area contributed by atoms with Gasteiger partial charge in [-0.3, -0.25) is 4.90 Å². The summed E-state index contributed by atoms with van der Waals surface area (Å²) in [5.74, 6) is 0.276. The molecule has 0 bridgehead atoms. The minimum atomic E-state index is 0.276. The monoisotopic (exact) mass is 217 g/mol. The SMILES string of the molecule is CCC(C/C(N)=N/O)N(C)C(C)COC. The maximum absolute atomic E-state index is 8.52. The Kier molecular flexibility index (Phi) is 7.07. The molecule has 0 saturated carbocycles. The van der Waals surface area contributed by atoms with Crippen molar-refractivity contribution in [2.75, 3.05) is 20.8 Å². The summed E-state index contributed by atoms with van der Waals surface area (Å²) in [6.45, 7) is 4.87. The second-order valence-corrected chi connectivity index (χ2v) is 3.83. The number of oxime groups is 1. The molecular weight excluding hydrogens is 194 g/mol. The molecule has 0 fully saturated rings. The number of hydrogen-bond donors (Lipinski definition) is 2. The van der Waals surface area contributed by atoms with Gasteiger partial charge in [-0.15, -0.1) is 0 Å². The Morgan fingerprint density at radius 2 is 2.20 bits per heavy atom. The van der Waals surface area contributed by atoms with Gasteiger partial charge in [0.05, 0.1) is 6.61 Å². The molecular formula is C10H23N3O2. The quantitative estimate of drug-likeness (QED) is 0.287. The standard InChI is InChI=1S/C10H23N3O2/c1-5-9(6-10(11)12-14)13(3)8(2)7-15-4/h8-9,14H,5-7H2,1-4H3,(H2,11,12). The molecule has 2 atom stereocenters. The van der Waals surface area contributed by atoms with Gasteiger partial charge >= 0.3 is 0 Å². The zero-order valence-corrected chi connectivity index (χ0v) is 10.1. The predicted molar refractivity (Wildman–Crippen MR) is 61.2 cm³/mol. The van der Waals surface area contributed by atoms with Gasteiger partial charge in [0, 0.05) is 25.6 Å². The van der Waals surface area contributed by atoms with E-state index in [0.717, 1.165) is 6.42 Å². The first kappa shape index (κ1) is 14.2. The maximum Gasteiger partial charge on any atom is 0.140 e. The van der Waals surface area contributed by atoms with Gasteiger partial charge in [0.15, 0.2) is 0 Å². The van der Waals surface area contributed by atoms with Crippen molar-refractivity contribution in [2.45, 2.75) is 38.8 Å². The van der Waals surface area contributed by atoms with E-state index in [1.54, 1.807) is 7.11 Å². The highest BCUT2D eigenvalue weighted by molar-refractivity contribution is 5.80. The normalized spacial score (nSPS) is 16.7. The Labute approximate surface area is 91.9 Å². The number of rotatable bonds is 7. The lowest BCUT2D eigenvalue weighted by molar-refractivity contribution is 0.0892. The van der Waals surface area contributed by atoms with Crippen LogP contribution < -0.4 is 5.73 Å². The highest BCUT2D eigenvalue weighted by Crippen LogP contribution is 2.10. The molecule has 0 spiro atoms. The van der Waals surface area contributed by atoms with E-state index in [1.807, 2.05) is 7.05 Å². The molecule has 0 heterocycles. The molecule has 0 aliphatic carbocycles. The van der Waals surface area contributed by atoms with E-state index in [1.165, 1.54) is 0 Å². The van der Waals surface area contributed by atoms with Crippen LogP contribution >= 0.6 is 0 Å². The molecule has 0 aromatic carbocycles. The van der Waals surface area contributed by atoms with Crippen LogP contribution in [0.15, 0.2) is 5.16 Å². The van der Waals surface area contributed by atoms with Gasteiger partial charge in [0.2, 0.25) is 0 Å². The van der Waals surface area contributed by atoms with E-state index >= 15 is 0 Å². The summed E-state index contributed by atoms with van der Waals surface area (Å²) in [4.78, 5) is 2.20. The van der Waals surface area contributed by atoms with Crippen molar-refractivity contribution in [3.05, 3.63) is 0 Å². The van der Waals surface area contributed by atoms with E-state index in [2.05, 4.69) is 23.9 Å². The van der Waals surface area contributed by atoms with Crippen LogP contribution in [0.1, 0.15) is 26.7 Å². The van der Waals surface area contributed by atoms with E-state index in [0.29, 0.717) is 19.1 Å². The predicted octanol–water partition coefficient (Wildman–Crippen LogP) is 0.868. The van der Waals surface area contributed by atoms with E-state index in [-0.39, 0.29) is 11.9 Å². The largest absolute Gasteiger partial charge is 0.409 e. The van der Waals surface area contributed by atoms with Crippen LogP contribution in [0.4, 0.5) is 0 Å². The molecule has 0 saturated heterocycles. The second-order valence-electron chi connectivity index (χ2n) is 3.83. The van der Waals surface area contributed by atoms with Gasteiger partial charge in [0.1, 0.15) is 5.84 Å². The Bertz CT molecular complexity index is 197. The van der Waals surface area contributed by atoms with E-state index in [4.69, 9.17) is 15.7 Å². The van der Waals surface area contributed by atoms with Crippen molar-refractivity contribution >= 4 is 5.84 Å². The lowest BCUT2D eigenvalue weighted by Crippen LogP contribution is -2.42. The van der Waals surface area contributed by atoms with Crippen molar-refractivity contribution < 1.29 is 9.94 Å². The number of ether oxygens (including phenoxy) is 1. The first-order valence-corrected chi connectivity index (χ1v) is 5.24. The van der Waals surface area contributed by atoms with E-state index in [9.17, 15) is 0 Å². The highest BCUT2D eigenvalue weighted by Gasteiger charge is 2.19. The first-order valence-electron chi connectivity index (χ1n) is 5.24. The molecule has 0 aromatic rings. The molecule has 5 heteroatoms. The van der Waals surface area contributed by atoms with Gasteiger partial charge in [-0.2, -0.15) is 0 Å². The van der Waals surface area contributed by atoms with E-state index < -0.39 is 0 Å². The Hall–Kier alpha value is -0.810. The Morgan fingerprint density at radius 1 is 1.60 bits per heavy atom. The first-order chi connectivity index (χ1) is 7.06. The fraction of sp³-hybridized carbons (Fsp3) is 0.900. The maximum atomic E-state index is 8.52. The molecule has 90 valence electrons. The van der Waals surface area contributed by atoms with Crippen LogP contribution in [0.3, 0.4) is 0 Å². The van der Waals surface area contributed by atoms with Crippen molar-refractivity contribution in [1.82, 2.24) is 4.90 Å². The lowest BCUT2D eigenvalue weighted by Gasteiger charge is -2.31. The average Bonchev–Trinajstić information content (AvgIpc) is 2.24. The van der Waals surface area contributed by atoms with Gasteiger partial charge in [-0.05, 0) is 20.4 Å². The van der Waals surface area contributed by atoms with Crippen LogP contribution in [0.5, 0.6) is 0 Å². The van der Waals surface area contributed by atoms with Gasteiger partial charge in [0.25, 0.3) is 0 Å². The molecule has 2 unspecified atom stereocenters. The summed E-state index contributed by atoms with van der Waals surface area (Å²) >= 11 is 0. The van der Waals surface area contributed by atoms with Crippen molar-refractivity contribution in [3.8, 4) is 0 Å². The summed E-state index contributed by atoms with van der Waals surface area (Å²) in [5.41, 5.74) is 5.50. The topological polar surface area (TPSA) is 71.1 Å². The third kappa shape index (κ3) is 4.99. The zero-order chi connectivity index (χ0) is 11.8. The summed E-state index contributed by atoms with van der Waals surface area (Å²) in [5, 5.41) is 11.5. The molecule has 0 aliphatic heterocycles. The average molecular weight is 217 g/mol. The molecule has 5 nitrogen and oxygen atoms in total. The lowest BCUT2D eigenvalue weighted by atomic mass is 10.1. The number of amidine groups is 1. The number of hydrogen-bond acceptors (Lipinski definition) is 4. The third-order valence-electron chi connectivity index (χ3n) is 2.72. The van der Waals surface area contributed by atoms with Crippen LogP contribution in [0.2, 0.25) is 0 Å². The van der Waals surface area contributed by atoms with Crippen molar-refractivity contribution in [3.63, 3.8) is 0 Å². The molecule has 0 rings (SSSR count). The second kappa shape index (κ2) is 7.48. The molecule has 0 aliphatic rings. The number of methoxy groups -OCH3 is 1. The zero-order valence-electron chi connectivity index (χ0n) is 10.1. The van der Waals surface area contributed by atoms with Gasteiger partial charge < -0.3 is 15.7 Å². The molecule has 15 heavy (non-hydrogen) atoms. The fourth-order valence-electron chi connectivity index (χ4n) is 1.58. The van der Waals surface area contributed by atoms with Crippen molar-refractivity contribution in [1.29, 1.82) is 0 Å². The van der Waals surface area contributed by atoms with Crippen molar-refractivity contribution in [2.24, 2.45) is 10.9 Å². The molecule has 0 amide bonds. The summed E-state index contributed by atoms with van der Waals surface area (Å²) < 4.78 is 5.10. The smallest absolute Gasteiger partial charge is 0.140 e. The minimum Gasteiger partial charge on any atom is -0.409 e. The molecule has 0 radical (unpaired) electrons. The third-order valence-corrected chi connectivity index (χ3v) is 2.72. The van der Waals surface area contributed by atoms with Gasteiger partial charge in [-0.1, -0.05) is 12.1 Å².